The van der Waals surface area contributed by atoms with Gasteiger partial charge in [0.25, 0.3) is 0 Å². The average molecular weight is 362 g/mol. The van der Waals surface area contributed by atoms with E-state index in [1.165, 1.54) is 0 Å². The molecule has 1 aliphatic heterocycles. The van der Waals surface area contributed by atoms with Crippen LogP contribution in [0.3, 0.4) is 0 Å². The van der Waals surface area contributed by atoms with Gasteiger partial charge in [0.15, 0.2) is 11.6 Å². The lowest BCUT2D eigenvalue weighted by molar-refractivity contribution is -0.219. The van der Waals surface area contributed by atoms with E-state index in [1.54, 1.807) is 0 Å². The second-order valence-corrected chi connectivity index (χ2v) is 9.05. The van der Waals surface area contributed by atoms with Gasteiger partial charge in [-0.25, -0.2) is 0 Å². The maximum absolute atomic E-state index is 12.6. The lowest BCUT2D eigenvalue weighted by Crippen LogP contribution is -2.70. The van der Waals surface area contributed by atoms with Crippen molar-refractivity contribution in [2.45, 2.75) is 14.4 Å². The van der Waals surface area contributed by atoms with Gasteiger partial charge in [-0.2, -0.15) is 0 Å². The van der Waals surface area contributed by atoms with Crippen LogP contribution >= 0.6 is 31.9 Å². The summed E-state index contributed by atoms with van der Waals surface area (Å²) in [7, 11) is 0. The Balaban J connectivity index is 1.70. The summed E-state index contributed by atoms with van der Waals surface area (Å²) in [4.78, 5) is 12.6. The minimum absolute atomic E-state index is 0.130. The smallest absolute Gasteiger partial charge is 0.188 e. The predicted molar refractivity (Wildman–Crippen MR) is 63.9 cm³/mol. The van der Waals surface area contributed by atoms with Crippen molar-refractivity contribution < 1.29 is 14.3 Å². The maximum Gasteiger partial charge on any atom is 0.188 e. The zero-order valence-corrected chi connectivity index (χ0v) is 12.0. The summed E-state index contributed by atoms with van der Waals surface area (Å²) >= 11 is 7.71. The fourth-order valence-electron chi connectivity index (χ4n) is 6.59. The van der Waals surface area contributed by atoms with Gasteiger partial charge in [0.1, 0.15) is 0 Å². The van der Waals surface area contributed by atoms with Crippen LogP contribution in [0.2, 0.25) is 0 Å². The Morgan fingerprint density at radius 2 is 1.82 bits per heavy atom. The van der Waals surface area contributed by atoms with Crippen LogP contribution in [0.4, 0.5) is 0 Å². The summed E-state index contributed by atoms with van der Waals surface area (Å²) in [6, 6.07) is 0. The number of hydrogen-bond donors (Lipinski definition) is 0. The molecule has 1 saturated heterocycles. The Morgan fingerprint density at radius 1 is 1.12 bits per heavy atom. The molecule has 8 atom stereocenters. The fraction of sp³-hybridized carbons (Fsp3) is 0.917. The topological polar surface area (TPSA) is 35.5 Å². The molecule has 0 radical (unpaired) electrons. The van der Waals surface area contributed by atoms with Crippen LogP contribution in [0.1, 0.15) is 0 Å². The van der Waals surface area contributed by atoms with Gasteiger partial charge < -0.3 is 9.47 Å². The summed E-state index contributed by atoms with van der Waals surface area (Å²) in [6.07, 6.45) is 0. The molecule has 5 heteroatoms. The van der Waals surface area contributed by atoms with Crippen molar-refractivity contribution in [3.63, 3.8) is 0 Å². The molecule has 6 aliphatic carbocycles. The van der Waals surface area contributed by atoms with Crippen molar-refractivity contribution in [2.75, 3.05) is 13.2 Å². The molecular formula is C12H10Br2O3. The molecule has 0 aromatic carbocycles. The van der Waals surface area contributed by atoms with Crippen LogP contribution in [0.25, 0.3) is 0 Å². The molecule has 7 aliphatic rings. The highest BCUT2D eigenvalue weighted by Crippen LogP contribution is 2.96. The van der Waals surface area contributed by atoms with Crippen LogP contribution in [-0.4, -0.2) is 33.4 Å². The Labute approximate surface area is 115 Å². The van der Waals surface area contributed by atoms with Crippen LogP contribution in [0.5, 0.6) is 0 Å². The van der Waals surface area contributed by atoms with E-state index < -0.39 is 5.79 Å². The van der Waals surface area contributed by atoms with Crippen LogP contribution in [0.15, 0.2) is 0 Å². The highest BCUT2D eigenvalue weighted by atomic mass is 79.9. The molecule has 0 N–H and O–H groups in total. The zero-order valence-electron chi connectivity index (χ0n) is 8.86. The second kappa shape index (κ2) is 2.11. The molecule has 5 unspecified atom stereocenters. The molecule has 7 rings (SSSR count). The van der Waals surface area contributed by atoms with Crippen molar-refractivity contribution in [3.8, 4) is 0 Å². The van der Waals surface area contributed by atoms with Gasteiger partial charge in [0, 0.05) is 17.8 Å². The molecular weight excluding hydrogens is 352 g/mol. The van der Waals surface area contributed by atoms with Gasteiger partial charge in [-0.1, -0.05) is 31.9 Å². The van der Waals surface area contributed by atoms with Gasteiger partial charge in [0.05, 0.1) is 21.9 Å². The third-order valence-corrected chi connectivity index (χ3v) is 9.57. The van der Waals surface area contributed by atoms with E-state index in [0.29, 0.717) is 48.6 Å². The second-order valence-electron chi connectivity index (χ2n) is 6.43. The standard InChI is InChI=1S/C12H10Br2O3/c13-10-5-3-6-4(5)8(10)11(14,7(3)9(10)15)12(6)16-1-2-17-12/h3-8H,1-2H2/t3?,4?,5?,6?,7-,8?,10-,11-/m0/s1. The number of ketones is 1. The first-order valence-electron chi connectivity index (χ1n) is 6.30. The first-order chi connectivity index (χ1) is 8.10. The monoisotopic (exact) mass is 360 g/mol. The van der Waals surface area contributed by atoms with Crippen molar-refractivity contribution in [3.05, 3.63) is 0 Å². The highest BCUT2D eigenvalue weighted by molar-refractivity contribution is 9.11. The molecule has 0 aromatic rings. The van der Waals surface area contributed by atoms with E-state index in [2.05, 4.69) is 31.9 Å². The number of carbonyl (C=O) groups excluding carboxylic acids is 1. The molecule has 90 valence electrons. The third-order valence-electron chi connectivity index (χ3n) is 6.62. The van der Waals surface area contributed by atoms with Crippen LogP contribution < -0.4 is 0 Å². The fourth-order valence-corrected chi connectivity index (χ4v) is 10.1. The van der Waals surface area contributed by atoms with Crippen molar-refractivity contribution >= 4 is 37.6 Å². The molecule has 3 nitrogen and oxygen atoms in total. The first kappa shape index (κ1) is 9.45. The summed E-state index contributed by atoms with van der Waals surface area (Å²) in [5.41, 5.74) is 0. The summed E-state index contributed by atoms with van der Waals surface area (Å²) in [6.45, 7) is 1.35. The number of Topliss-reactive ketones (excluding diaryl/α,β-unsaturated/α-hetero) is 1. The van der Waals surface area contributed by atoms with Gasteiger partial charge in [-0.05, 0) is 17.8 Å². The van der Waals surface area contributed by atoms with Gasteiger partial charge in [-0.3, -0.25) is 4.79 Å². The maximum atomic E-state index is 12.6. The molecule has 1 spiro atoms. The number of alkyl halides is 2. The number of ether oxygens (including phenoxy) is 2. The molecule has 4 bridgehead atoms. The van der Waals surface area contributed by atoms with Crippen molar-refractivity contribution in [1.82, 2.24) is 0 Å². The van der Waals surface area contributed by atoms with E-state index in [-0.39, 0.29) is 14.6 Å². The van der Waals surface area contributed by atoms with Crippen LogP contribution in [-0.2, 0) is 14.3 Å². The summed E-state index contributed by atoms with van der Waals surface area (Å²) in [5, 5.41) is 0. The normalized spacial score (nSPS) is 74.6. The largest absolute Gasteiger partial charge is 0.346 e. The highest BCUT2D eigenvalue weighted by Gasteiger charge is 3.04. The molecule has 17 heavy (non-hydrogen) atoms. The third kappa shape index (κ3) is 0.514. The number of carbonyl (C=O) groups is 1. The lowest BCUT2D eigenvalue weighted by atomic mass is 9.41. The van der Waals surface area contributed by atoms with Gasteiger partial charge in [-0.15, -0.1) is 0 Å². The molecule has 6 saturated carbocycles. The van der Waals surface area contributed by atoms with Gasteiger partial charge >= 0.3 is 0 Å². The Morgan fingerprint density at radius 3 is 2.41 bits per heavy atom. The Hall–Kier alpha value is 0.550. The minimum atomic E-state index is -0.476. The van der Waals surface area contributed by atoms with E-state index in [4.69, 9.17) is 9.47 Å². The van der Waals surface area contributed by atoms with Gasteiger partial charge in [0.2, 0.25) is 0 Å². The molecule has 1 heterocycles. The Kier molecular flexibility index (Phi) is 1.17. The average Bonchev–Trinajstić information content (AvgIpc) is 2.89. The molecule has 0 aromatic heterocycles. The van der Waals surface area contributed by atoms with E-state index in [9.17, 15) is 4.79 Å². The molecule has 0 amide bonds. The zero-order chi connectivity index (χ0) is 11.4. The van der Waals surface area contributed by atoms with E-state index in [0.717, 1.165) is 0 Å². The molecule has 7 fully saturated rings. The number of hydrogen-bond acceptors (Lipinski definition) is 3. The first-order valence-corrected chi connectivity index (χ1v) is 7.89. The summed E-state index contributed by atoms with van der Waals surface area (Å²) in [5.74, 6) is 2.68. The Bertz CT molecular complexity index is 516. The number of halogens is 2. The lowest BCUT2D eigenvalue weighted by Gasteiger charge is -2.66. The van der Waals surface area contributed by atoms with E-state index >= 15 is 0 Å². The minimum Gasteiger partial charge on any atom is -0.346 e. The SMILES string of the molecule is O=C1[C@@H]2C3C4C5C3[C@]1(Br)C5[C@]2(Br)C41OCCO1. The van der Waals surface area contributed by atoms with E-state index in [1.807, 2.05) is 0 Å². The quantitative estimate of drug-likeness (QED) is 0.611. The number of rotatable bonds is 0. The van der Waals surface area contributed by atoms with Crippen LogP contribution in [0, 0.1) is 35.5 Å². The van der Waals surface area contributed by atoms with Crippen molar-refractivity contribution in [1.29, 1.82) is 0 Å². The predicted octanol–water partition coefficient (Wildman–Crippen LogP) is 1.33. The summed E-state index contributed by atoms with van der Waals surface area (Å²) < 4.78 is 11.6. The van der Waals surface area contributed by atoms with Crippen molar-refractivity contribution in [2.24, 2.45) is 35.5 Å².